The van der Waals surface area contributed by atoms with Crippen molar-refractivity contribution in [3.05, 3.63) is 52.5 Å². The standard InChI is InChI=1S/C13H10Cl2O2/c1-16-13-8-10(15)4-7-12(13)17-11-5-2-9(14)3-6-11/h2-8H,1H3. The summed E-state index contributed by atoms with van der Waals surface area (Å²) in [6.45, 7) is 0. The van der Waals surface area contributed by atoms with Gasteiger partial charge in [-0.3, -0.25) is 0 Å². The van der Waals surface area contributed by atoms with E-state index in [0.29, 0.717) is 27.3 Å². The Kier molecular flexibility index (Phi) is 3.77. The summed E-state index contributed by atoms with van der Waals surface area (Å²) in [6, 6.07) is 12.3. The van der Waals surface area contributed by atoms with Crippen LogP contribution in [0.2, 0.25) is 10.0 Å². The molecule has 17 heavy (non-hydrogen) atoms. The van der Waals surface area contributed by atoms with Crippen molar-refractivity contribution >= 4 is 23.2 Å². The van der Waals surface area contributed by atoms with E-state index in [2.05, 4.69) is 0 Å². The summed E-state index contributed by atoms with van der Waals surface area (Å²) < 4.78 is 10.9. The number of benzene rings is 2. The van der Waals surface area contributed by atoms with E-state index in [4.69, 9.17) is 32.7 Å². The second-order valence-corrected chi connectivity index (χ2v) is 4.22. The molecular weight excluding hydrogens is 259 g/mol. The van der Waals surface area contributed by atoms with Gasteiger partial charge in [0.2, 0.25) is 0 Å². The van der Waals surface area contributed by atoms with E-state index in [9.17, 15) is 0 Å². The third kappa shape index (κ3) is 3.05. The van der Waals surface area contributed by atoms with E-state index in [0.717, 1.165) is 0 Å². The average Bonchev–Trinajstić information content (AvgIpc) is 2.34. The van der Waals surface area contributed by atoms with Gasteiger partial charge < -0.3 is 9.47 Å². The summed E-state index contributed by atoms with van der Waals surface area (Å²) in [5, 5.41) is 1.27. The van der Waals surface area contributed by atoms with E-state index in [1.165, 1.54) is 0 Å². The van der Waals surface area contributed by atoms with Crippen LogP contribution in [0.25, 0.3) is 0 Å². The van der Waals surface area contributed by atoms with Crippen LogP contribution in [-0.4, -0.2) is 7.11 Å². The summed E-state index contributed by atoms with van der Waals surface area (Å²) in [7, 11) is 1.57. The number of hydrogen-bond acceptors (Lipinski definition) is 2. The number of halogens is 2. The van der Waals surface area contributed by atoms with Gasteiger partial charge >= 0.3 is 0 Å². The van der Waals surface area contributed by atoms with Gasteiger partial charge in [-0.05, 0) is 36.4 Å². The van der Waals surface area contributed by atoms with Crippen LogP contribution < -0.4 is 9.47 Å². The molecule has 0 saturated heterocycles. The number of methoxy groups -OCH3 is 1. The van der Waals surface area contributed by atoms with Crippen LogP contribution in [0.15, 0.2) is 42.5 Å². The van der Waals surface area contributed by atoms with Crippen molar-refractivity contribution in [1.82, 2.24) is 0 Å². The van der Waals surface area contributed by atoms with Gasteiger partial charge in [0.25, 0.3) is 0 Å². The zero-order valence-electron chi connectivity index (χ0n) is 9.11. The molecule has 0 N–H and O–H groups in total. The van der Waals surface area contributed by atoms with Crippen LogP contribution >= 0.6 is 23.2 Å². The van der Waals surface area contributed by atoms with Crippen molar-refractivity contribution in [2.24, 2.45) is 0 Å². The summed E-state index contributed by atoms with van der Waals surface area (Å²) >= 11 is 11.7. The molecule has 2 aromatic rings. The molecule has 2 aromatic carbocycles. The Morgan fingerprint density at radius 2 is 1.47 bits per heavy atom. The summed E-state index contributed by atoms with van der Waals surface area (Å²) in [6.07, 6.45) is 0. The van der Waals surface area contributed by atoms with Crippen LogP contribution in [0.3, 0.4) is 0 Å². The molecule has 0 aliphatic rings. The molecule has 0 radical (unpaired) electrons. The Morgan fingerprint density at radius 3 is 2.12 bits per heavy atom. The maximum atomic E-state index is 5.87. The van der Waals surface area contributed by atoms with E-state index < -0.39 is 0 Å². The first-order valence-corrected chi connectivity index (χ1v) is 5.71. The van der Waals surface area contributed by atoms with E-state index in [-0.39, 0.29) is 0 Å². The van der Waals surface area contributed by atoms with Crippen molar-refractivity contribution in [1.29, 1.82) is 0 Å². The zero-order chi connectivity index (χ0) is 12.3. The van der Waals surface area contributed by atoms with Gasteiger partial charge in [-0.1, -0.05) is 23.2 Å². The van der Waals surface area contributed by atoms with E-state index in [1.54, 1.807) is 49.6 Å². The summed E-state index contributed by atoms with van der Waals surface area (Å²) in [5.41, 5.74) is 0. The maximum Gasteiger partial charge on any atom is 0.169 e. The molecular formula is C13H10Cl2O2. The molecule has 0 fully saturated rings. The maximum absolute atomic E-state index is 5.87. The van der Waals surface area contributed by atoms with Crippen molar-refractivity contribution in [2.75, 3.05) is 7.11 Å². The molecule has 4 heteroatoms. The van der Waals surface area contributed by atoms with Gasteiger partial charge in [-0.25, -0.2) is 0 Å². The van der Waals surface area contributed by atoms with E-state index >= 15 is 0 Å². The molecule has 0 unspecified atom stereocenters. The number of rotatable bonds is 3. The summed E-state index contributed by atoms with van der Waals surface area (Å²) in [5.74, 6) is 1.89. The SMILES string of the molecule is COc1cc(Cl)ccc1Oc1ccc(Cl)cc1. The molecule has 0 spiro atoms. The molecule has 0 bridgehead atoms. The van der Waals surface area contributed by atoms with Gasteiger partial charge in [0.05, 0.1) is 7.11 Å². The Morgan fingerprint density at radius 1 is 0.824 bits per heavy atom. The van der Waals surface area contributed by atoms with Crippen molar-refractivity contribution in [3.63, 3.8) is 0 Å². The Labute approximate surface area is 110 Å². The first kappa shape index (κ1) is 12.1. The van der Waals surface area contributed by atoms with Gasteiger partial charge in [-0.2, -0.15) is 0 Å². The van der Waals surface area contributed by atoms with Crippen molar-refractivity contribution in [3.8, 4) is 17.2 Å². The highest BCUT2D eigenvalue weighted by molar-refractivity contribution is 6.31. The lowest BCUT2D eigenvalue weighted by Gasteiger charge is -2.10. The monoisotopic (exact) mass is 268 g/mol. The van der Waals surface area contributed by atoms with Gasteiger partial charge in [-0.15, -0.1) is 0 Å². The lowest BCUT2D eigenvalue weighted by molar-refractivity contribution is 0.379. The second kappa shape index (κ2) is 5.30. The normalized spacial score (nSPS) is 10.1. The predicted molar refractivity (Wildman–Crippen MR) is 69.5 cm³/mol. The minimum Gasteiger partial charge on any atom is -0.493 e. The van der Waals surface area contributed by atoms with Crippen LogP contribution in [0.5, 0.6) is 17.2 Å². The first-order chi connectivity index (χ1) is 8.19. The lowest BCUT2D eigenvalue weighted by Crippen LogP contribution is -1.89. The van der Waals surface area contributed by atoms with E-state index in [1.807, 2.05) is 0 Å². The van der Waals surface area contributed by atoms with Crippen molar-refractivity contribution in [2.45, 2.75) is 0 Å². The van der Waals surface area contributed by atoms with Gasteiger partial charge in [0.15, 0.2) is 11.5 Å². The molecule has 0 aliphatic carbocycles. The van der Waals surface area contributed by atoms with Crippen LogP contribution in [0, 0.1) is 0 Å². The minimum absolute atomic E-state index is 0.590. The molecule has 2 rings (SSSR count). The molecule has 0 amide bonds. The quantitative estimate of drug-likeness (QED) is 0.797. The lowest BCUT2D eigenvalue weighted by atomic mass is 10.3. The molecule has 0 aromatic heterocycles. The summed E-state index contributed by atoms with van der Waals surface area (Å²) in [4.78, 5) is 0. The topological polar surface area (TPSA) is 18.5 Å². The molecule has 0 aliphatic heterocycles. The highest BCUT2D eigenvalue weighted by Gasteiger charge is 2.06. The largest absolute Gasteiger partial charge is 0.493 e. The first-order valence-electron chi connectivity index (χ1n) is 4.96. The van der Waals surface area contributed by atoms with Crippen LogP contribution in [0.4, 0.5) is 0 Å². The Hall–Kier alpha value is -1.38. The third-order valence-corrected chi connectivity index (χ3v) is 2.65. The highest BCUT2D eigenvalue weighted by Crippen LogP contribution is 2.33. The molecule has 0 saturated carbocycles. The van der Waals surface area contributed by atoms with Crippen molar-refractivity contribution < 1.29 is 9.47 Å². The fraction of sp³-hybridized carbons (Fsp3) is 0.0769. The highest BCUT2D eigenvalue weighted by atomic mass is 35.5. The Balaban J connectivity index is 2.26. The fourth-order valence-corrected chi connectivity index (χ4v) is 1.64. The average molecular weight is 269 g/mol. The smallest absolute Gasteiger partial charge is 0.169 e. The van der Waals surface area contributed by atoms with Crippen LogP contribution in [-0.2, 0) is 0 Å². The molecule has 2 nitrogen and oxygen atoms in total. The zero-order valence-corrected chi connectivity index (χ0v) is 10.6. The third-order valence-electron chi connectivity index (χ3n) is 2.17. The molecule has 88 valence electrons. The molecule has 0 atom stereocenters. The fourth-order valence-electron chi connectivity index (χ4n) is 1.36. The molecule has 0 heterocycles. The predicted octanol–water partition coefficient (Wildman–Crippen LogP) is 4.79. The Bertz CT molecular complexity index is 509. The van der Waals surface area contributed by atoms with Crippen LogP contribution in [0.1, 0.15) is 0 Å². The number of ether oxygens (including phenoxy) is 2. The number of hydrogen-bond donors (Lipinski definition) is 0. The second-order valence-electron chi connectivity index (χ2n) is 3.35. The van der Waals surface area contributed by atoms with Gasteiger partial charge in [0.1, 0.15) is 5.75 Å². The van der Waals surface area contributed by atoms with Gasteiger partial charge in [0, 0.05) is 16.1 Å². The minimum atomic E-state index is 0.590.